The lowest BCUT2D eigenvalue weighted by Gasteiger charge is -2.19. The summed E-state index contributed by atoms with van der Waals surface area (Å²) in [6.07, 6.45) is -0.681. The van der Waals surface area contributed by atoms with E-state index >= 15 is 0 Å². The molecule has 0 bridgehead atoms. The summed E-state index contributed by atoms with van der Waals surface area (Å²) in [7, 11) is 0. The molecule has 0 saturated heterocycles. The van der Waals surface area contributed by atoms with Crippen molar-refractivity contribution in [3.05, 3.63) is 29.8 Å². The van der Waals surface area contributed by atoms with E-state index in [1.54, 1.807) is 12.1 Å². The zero-order valence-corrected chi connectivity index (χ0v) is 16.1. The first-order valence-corrected chi connectivity index (χ1v) is 8.85. The number of nitrogens with two attached hydrogens (primary N) is 1. The molecular weight excluding hydrogens is 400 g/mol. The number of rotatable bonds is 11. The Morgan fingerprint density at radius 1 is 1.00 bits per heavy atom. The average Bonchev–Trinajstić information content (AvgIpc) is 2.66. The van der Waals surface area contributed by atoms with Crippen molar-refractivity contribution in [1.82, 2.24) is 16.0 Å². The number of hydrogen-bond acceptors (Lipinski definition) is 7. The zero-order valence-electron chi connectivity index (χ0n) is 16.1. The number of phenolic OH excluding ortho intramolecular Hbond substituents is 1. The monoisotopic (exact) mass is 424 g/mol. The predicted molar refractivity (Wildman–Crippen MR) is 102 cm³/mol. The number of carboxylic acid groups (broad SMARTS) is 2. The first kappa shape index (κ1) is 24.4. The second-order valence-electron chi connectivity index (χ2n) is 6.48. The molecule has 30 heavy (non-hydrogen) atoms. The normalized spacial score (nSPS) is 13.4. The van der Waals surface area contributed by atoms with Crippen molar-refractivity contribution in [2.24, 2.45) is 5.73 Å². The van der Waals surface area contributed by atoms with E-state index in [-0.39, 0.29) is 12.2 Å². The molecule has 0 radical (unpaired) electrons. The highest BCUT2D eigenvalue weighted by atomic mass is 16.4. The van der Waals surface area contributed by atoms with E-state index in [0.29, 0.717) is 5.56 Å². The van der Waals surface area contributed by atoms with Gasteiger partial charge < -0.3 is 37.0 Å². The lowest BCUT2D eigenvalue weighted by molar-refractivity contribution is -0.142. The maximum absolute atomic E-state index is 12.3. The van der Waals surface area contributed by atoms with Crippen LogP contribution in [-0.2, 0) is 30.4 Å². The van der Waals surface area contributed by atoms with E-state index in [1.165, 1.54) is 19.1 Å². The summed E-state index contributed by atoms with van der Waals surface area (Å²) in [4.78, 5) is 57.8. The lowest BCUT2D eigenvalue weighted by Crippen LogP contribution is -2.54. The summed E-state index contributed by atoms with van der Waals surface area (Å²) in [5.41, 5.74) is 6.44. The van der Waals surface area contributed by atoms with Gasteiger partial charge in [-0.05, 0) is 31.0 Å². The quantitative estimate of drug-likeness (QED) is 0.208. The lowest BCUT2D eigenvalue weighted by atomic mass is 10.0. The van der Waals surface area contributed by atoms with Gasteiger partial charge in [0, 0.05) is 0 Å². The highest BCUT2D eigenvalue weighted by Gasteiger charge is 2.26. The molecular formula is C18H24N4O8. The molecule has 0 heterocycles. The minimum Gasteiger partial charge on any atom is -0.508 e. The third-order valence-corrected chi connectivity index (χ3v) is 3.91. The van der Waals surface area contributed by atoms with Gasteiger partial charge in [-0.2, -0.15) is 0 Å². The van der Waals surface area contributed by atoms with Crippen LogP contribution in [0.1, 0.15) is 18.9 Å². The Labute approximate surface area is 171 Å². The van der Waals surface area contributed by atoms with E-state index in [0.717, 1.165) is 0 Å². The number of benzene rings is 1. The zero-order chi connectivity index (χ0) is 22.8. The maximum Gasteiger partial charge on any atom is 0.325 e. The van der Waals surface area contributed by atoms with Crippen LogP contribution in [0.2, 0.25) is 0 Å². The van der Waals surface area contributed by atoms with Gasteiger partial charge in [0.25, 0.3) is 0 Å². The van der Waals surface area contributed by atoms with Gasteiger partial charge >= 0.3 is 11.9 Å². The number of aromatic hydroxyl groups is 1. The van der Waals surface area contributed by atoms with Gasteiger partial charge in [-0.25, -0.2) is 0 Å². The van der Waals surface area contributed by atoms with Crippen molar-refractivity contribution in [2.75, 3.05) is 6.54 Å². The Bertz CT molecular complexity index is 796. The standard InChI is InChI=1S/C18H24N4O8/c1-9(18(29)30)21-14(24)8-20-17(28)13(7-15(25)26)22-16(27)12(19)6-10-2-4-11(23)5-3-10/h2-5,9,12-13,23H,6-8,19H2,1H3,(H,20,28)(H,21,24)(H,22,27)(H,25,26)(H,29,30). The molecule has 0 fully saturated rings. The third kappa shape index (κ3) is 8.56. The first-order chi connectivity index (χ1) is 14.0. The molecule has 3 atom stereocenters. The fraction of sp³-hybridized carbons (Fsp3) is 0.389. The second-order valence-corrected chi connectivity index (χ2v) is 6.48. The Balaban J connectivity index is 2.66. The summed E-state index contributed by atoms with van der Waals surface area (Å²) in [5.74, 6) is -5.13. The van der Waals surface area contributed by atoms with E-state index in [2.05, 4.69) is 16.0 Å². The first-order valence-electron chi connectivity index (χ1n) is 8.85. The summed E-state index contributed by atoms with van der Waals surface area (Å²) >= 11 is 0. The molecule has 12 heteroatoms. The van der Waals surface area contributed by atoms with Crippen LogP contribution in [0.15, 0.2) is 24.3 Å². The fourth-order valence-corrected chi connectivity index (χ4v) is 2.29. The molecule has 8 N–H and O–H groups in total. The van der Waals surface area contributed by atoms with E-state index in [9.17, 15) is 29.1 Å². The predicted octanol–water partition coefficient (Wildman–Crippen LogP) is -2.07. The number of amides is 3. The third-order valence-electron chi connectivity index (χ3n) is 3.91. The van der Waals surface area contributed by atoms with Crippen molar-refractivity contribution in [3.63, 3.8) is 0 Å². The number of nitrogens with one attached hydrogen (secondary N) is 3. The van der Waals surface area contributed by atoms with Crippen LogP contribution in [0, 0.1) is 0 Å². The molecule has 0 aromatic heterocycles. The Hall–Kier alpha value is -3.67. The number of carbonyl (C=O) groups excluding carboxylic acids is 3. The van der Waals surface area contributed by atoms with Crippen molar-refractivity contribution in [1.29, 1.82) is 0 Å². The number of phenols is 1. The highest BCUT2D eigenvalue weighted by molar-refractivity contribution is 5.94. The molecule has 0 aliphatic rings. The van der Waals surface area contributed by atoms with Gasteiger partial charge in [0.1, 0.15) is 17.8 Å². The Morgan fingerprint density at radius 3 is 2.13 bits per heavy atom. The molecule has 1 rings (SSSR count). The van der Waals surface area contributed by atoms with Gasteiger partial charge in [-0.1, -0.05) is 12.1 Å². The fourth-order valence-electron chi connectivity index (χ4n) is 2.29. The van der Waals surface area contributed by atoms with Crippen molar-refractivity contribution >= 4 is 29.7 Å². The molecule has 3 unspecified atom stereocenters. The van der Waals surface area contributed by atoms with E-state index in [1.807, 2.05) is 0 Å². The van der Waals surface area contributed by atoms with Crippen LogP contribution in [-0.4, -0.2) is 69.7 Å². The van der Waals surface area contributed by atoms with Crippen LogP contribution in [0.25, 0.3) is 0 Å². The van der Waals surface area contributed by atoms with Gasteiger partial charge in [0.2, 0.25) is 17.7 Å². The molecule has 3 amide bonds. The molecule has 0 aliphatic heterocycles. The molecule has 12 nitrogen and oxygen atoms in total. The average molecular weight is 424 g/mol. The van der Waals surface area contributed by atoms with Crippen molar-refractivity contribution in [2.45, 2.75) is 37.9 Å². The Kier molecular flexibility index (Phi) is 9.23. The van der Waals surface area contributed by atoms with Crippen LogP contribution in [0.3, 0.4) is 0 Å². The van der Waals surface area contributed by atoms with Crippen molar-refractivity contribution in [3.8, 4) is 5.75 Å². The minimum absolute atomic E-state index is 0.0387. The minimum atomic E-state index is -1.49. The molecule has 1 aromatic carbocycles. The summed E-state index contributed by atoms with van der Waals surface area (Å²) in [6, 6.07) is 2.17. The summed E-state index contributed by atoms with van der Waals surface area (Å²) in [5, 5.41) is 33.4. The molecule has 1 aromatic rings. The number of hydrogen-bond donors (Lipinski definition) is 7. The second kappa shape index (κ2) is 11.4. The number of aliphatic carboxylic acids is 2. The molecule has 164 valence electrons. The van der Waals surface area contributed by atoms with Gasteiger partial charge in [-0.3, -0.25) is 24.0 Å². The van der Waals surface area contributed by atoms with Gasteiger partial charge in [-0.15, -0.1) is 0 Å². The van der Waals surface area contributed by atoms with Gasteiger partial charge in [0.05, 0.1) is 19.0 Å². The number of carbonyl (C=O) groups is 5. The van der Waals surface area contributed by atoms with Gasteiger partial charge in [0.15, 0.2) is 0 Å². The molecule has 0 aliphatic carbocycles. The smallest absolute Gasteiger partial charge is 0.325 e. The van der Waals surface area contributed by atoms with Crippen LogP contribution < -0.4 is 21.7 Å². The van der Waals surface area contributed by atoms with Crippen LogP contribution in [0.4, 0.5) is 0 Å². The summed E-state index contributed by atoms with van der Waals surface area (Å²) < 4.78 is 0. The van der Waals surface area contributed by atoms with E-state index in [4.69, 9.17) is 15.9 Å². The highest BCUT2D eigenvalue weighted by Crippen LogP contribution is 2.11. The van der Waals surface area contributed by atoms with E-state index < -0.39 is 60.8 Å². The molecule has 0 spiro atoms. The molecule has 0 saturated carbocycles. The largest absolute Gasteiger partial charge is 0.508 e. The van der Waals surface area contributed by atoms with Crippen molar-refractivity contribution < 1.29 is 39.3 Å². The maximum atomic E-state index is 12.3. The summed E-state index contributed by atoms with van der Waals surface area (Å²) in [6.45, 7) is 0.618. The topological polar surface area (TPSA) is 208 Å². The van der Waals surface area contributed by atoms with Crippen LogP contribution >= 0.6 is 0 Å². The number of carboxylic acids is 2. The Morgan fingerprint density at radius 2 is 1.60 bits per heavy atom. The van der Waals surface area contributed by atoms with Crippen LogP contribution in [0.5, 0.6) is 5.75 Å². The SMILES string of the molecule is CC(NC(=O)CNC(=O)C(CC(=O)O)NC(=O)C(N)Cc1ccc(O)cc1)C(=O)O.